The monoisotopic (exact) mass is 442 g/mol. The fourth-order valence-corrected chi connectivity index (χ4v) is 4.15. The van der Waals surface area contributed by atoms with Crippen LogP contribution in [-0.4, -0.2) is 0 Å². The van der Waals surface area contributed by atoms with Crippen LogP contribution in [0.3, 0.4) is 0 Å². The van der Waals surface area contributed by atoms with Gasteiger partial charge in [-0.1, -0.05) is 81.6 Å². The minimum Gasteiger partial charge on any atom is -0.0837 e. The zero-order valence-corrected chi connectivity index (χ0v) is 15.5. The number of fused-ring (bicyclic) bond motifs is 1. The van der Waals surface area contributed by atoms with Crippen LogP contribution in [0, 0.1) is 0 Å². The molecule has 4 heteroatoms. The van der Waals surface area contributed by atoms with Crippen molar-refractivity contribution >= 4 is 65.8 Å². The summed E-state index contributed by atoms with van der Waals surface area (Å²) in [5, 5.41) is 3.66. The molecule has 0 bridgehead atoms. The number of rotatable bonds is 2. The first-order chi connectivity index (χ1) is 10.1. The highest BCUT2D eigenvalue weighted by atomic mass is 79.9. The van der Waals surface area contributed by atoms with Crippen LogP contribution in [0.5, 0.6) is 0 Å². The molecule has 0 aliphatic heterocycles. The van der Waals surface area contributed by atoms with Crippen molar-refractivity contribution in [1.29, 1.82) is 0 Å². The van der Waals surface area contributed by atoms with Crippen molar-refractivity contribution in [1.82, 2.24) is 0 Å². The topological polar surface area (TPSA) is 0 Å². The molecule has 0 N–H and O–H groups in total. The zero-order chi connectivity index (χ0) is 15.0. The van der Waals surface area contributed by atoms with E-state index in [4.69, 9.17) is 23.2 Å². The highest BCUT2D eigenvalue weighted by Crippen LogP contribution is 2.41. The van der Waals surface area contributed by atoms with E-state index in [2.05, 4.69) is 37.9 Å². The molecule has 1 unspecified atom stereocenters. The van der Waals surface area contributed by atoms with Crippen LogP contribution in [0.4, 0.5) is 0 Å². The van der Waals surface area contributed by atoms with Gasteiger partial charge in [0.15, 0.2) is 0 Å². The van der Waals surface area contributed by atoms with Gasteiger partial charge in [-0.3, -0.25) is 0 Å². The highest BCUT2D eigenvalue weighted by molar-refractivity contribution is 9.10. The average molecular weight is 445 g/mol. The van der Waals surface area contributed by atoms with Gasteiger partial charge in [-0.05, 0) is 44.6 Å². The average Bonchev–Trinajstić information content (AvgIpc) is 2.50. The van der Waals surface area contributed by atoms with Gasteiger partial charge in [-0.2, -0.15) is 0 Å². The summed E-state index contributed by atoms with van der Waals surface area (Å²) >= 11 is 20.0. The SMILES string of the molecule is Clc1c(Br)cccc1C(Br)c1ccc(Cl)c2ccccc12. The van der Waals surface area contributed by atoms with Crippen LogP contribution in [0.25, 0.3) is 10.8 Å². The molecule has 0 fully saturated rings. The van der Waals surface area contributed by atoms with Crippen LogP contribution in [0.15, 0.2) is 59.1 Å². The molecule has 3 aromatic rings. The summed E-state index contributed by atoms with van der Waals surface area (Å²) in [6, 6.07) is 18.0. The summed E-state index contributed by atoms with van der Waals surface area (Å²) < 4.78 is 0.893. The summed E-state index contributed by atoms with van der Waals surface area (Å²) in [6.07, 6.45) is 0. The number of alkyl halides is 1. The maximum absolute atomic E-state index is 6.42. The predicted molar refractivity (Wildman–Crippen MR) is 98.9 cm³/mol. The largest absolute Gasteiger partial charge is 0.0837 e. The second-order valence-corrected chi connectivity index (χ2v) is 7.24. The summed E-state index contributed by atoms with van der Waals surface area (Å²) in [5.41, 5.74) is 2.17. The van der Waals surface area contributed by atoms with Gasteiger partial charge in [0.2, 0.25) is 0 Å². The molecule has 3 aromatic carbocycles. The standard InChI is InChI=1S/C17H10Br2Cl2/c18-14-7-3-6-13(17(14)21)16(19)12-8-9-15(20)11-5-2-1-4-10(11)12/h1-9,16H. The molecular formula is C17H10Br2Cl2. The molecule has 106 valence electrons. The van der Waals surface area contributed by atoms with E-state index in [-0.39, 0.29) is 4.83 Å². The van der Waals surface area contributed by atoms with Crippen LogP contribution in [0.2, 0.25) is 10.0 Å². The summed E-state index contributed by atoms with van der Waals surface area (Å²) in [6.45, 7) is 0. The fraction of sp³-hybridized carbons (Fsp3) is 0.0588. The first-order valence-corrected chi connectivity index (χ1v) is 8.81. The van der Waals surface area contributed by atoms with E-state index < -0.39 is 0 Å². The van der Waals surface area contributed by atoms with E-state index in [9.17, 15) is 0 Å². The van der Waals surface area contributed by atoms with Crippen molar-refractivity contribution in [2.24, 2.45) is 0 Å². The first kappa shape index (κ1) is 15.4. The molecule has 3 rings (SSSR count). The van der Waals surface area contributed by atoms with E-state index in [0.29, 0.717) is 0 Å². The Labute approximate surface area is 150 Å². The second-order valence-electron chi connectivity index (χ2n) is 4.69. The molecule has 0 saturated heterocycles. The van der Waals surface area contributed by atoms with Gasteiger partial charge in [0.25, 0.3) is 0 Å². The molecule has 0 heterocycles. The Bertz CT molecular complexity index is 815. The molecule has 21 heavy (non-hydrogen) atoms. The maximum Gasteiger partial charge on any atom is 0.0665 e. The van der Waals surface area contributed by atoms with Crippen molar-refractivity contribution in [3.8, 4) is 0 Å². The van der Waals surface area contributed by atoms with Crippen LogP contribution in [-0.2, 0) is 0 Å². The van der Waals surface area contributed by atoms with Crippen LogP contribution >= 0.6 is 55.1 Å². The van der Waals surface area contributed by atoms with E-state index in [1.165, 1.54) is 0 Å². The molecule has 1 atom stereocenters. The molecular weight excluding hydrogens is 435 g/mol. The lowest BCUT2D eigenvalue weighted by atomic mass is 9.98. The predicted octanol–water partition coefficient (Wildman–Crippen LogP) is 7.39. The fourth-order valence-electron chi connectivity index (χ4n) is 2.39. The number of halogens is 4. The van der Waals surface area contributed by atoms with Gasteiger partial charge >= 0.3 is 0 Å². The van der Waals surface area contributed by atoms with Crippen molar-refractivity contribution in [2.75, 3.05) is 0 Å². The van der Waals surface area contributed by atoms with Crippen LogP contribution < -0.4 is 0 Å². The number of hydrogen-bond acceptors (Lipinski definition) is 0. The van der Waals surface area contributed by atoms with E-state index in [1.807, 2.05) is 48.5 Å². The Morgan fingerprint density at radius 2 is 1.48 bits per heavy atom. The van der Waals surface area contributed by atoms with Crippen LogP contribution in [0.1, 0.15) is 16.0 Å². The lowest BCUT2D eigenvalue weighted by Crippen LogP contribution is -1.96. The summed E-state index contributed by atoms with van der Waals surface area (Å²) in [4.78, 5) is 0.00432. The summed E-state index contributed by atoms with van der Waals surface area (Å²) in [5.74, 6) is 0. The van der Waals surface area contributed by atoms with E-state index >= 15 is 0 Å². The Hall–Kier alpha value is -0.540. The Kier molecular flexibility index (Phi) is 4.60. The third-order valence-electron chi connectivity index (χ3n) is 3.43. The number of benzene rings is 3. The molecule has 0 saturated carbocycles. The van der Waals surface area contributed by atoms with Crippen molar-refractivity contribution in [3.63, 3.8) is 0 Å². The molecule has 0 aliphatic rings. The maximum atomic E-state index is 6.42. The Morgan fingerprint density at radius 1 is 0.762 bits per heavy atom. The first-order valence-electron chi connectivity index (χ1n) is 6.34. The second kappa shape index (κ2) is 6.29. The minimum absolute atomic E-state index is 0.00432. The molecule has 0 aliphatic carbocycles. The van der Waals surface area contributed by atoms with Crippen molar-refractivity contribution in [3.05, 3.63) is 80.2 Å². The molecule has 0 radical (unpaired) electrons. The lowest BCUT2D eigenvalue weighted by molar-refractivity contribution is 1.19. The summed E-state index contributed by atoms with van der Waals surface area (Å²) in [7, 11) is 0. The smallest absolute Gasteiger partial charge is 0.0665 e. The van der Waals surface area contributed by atoms with E-state index in [1.54, 1.807) is 0 Å². The van der Waals surface area contributed by atoms with Gasteiger partial charge in [0, 0.05) is 14.9 Å². The van der Waals surface area contributed by atoms with Gasteiger partial charge in [0.1, 0.15) is 0 Å². The lowest BCUT2D eigenvalue weighted by Gasteiger charge is -2.16. The molecule has 0 amide bonds. The third kappa shape index (κ3) is 2.87. The van der Waals surface area contributed by atoms with Gasteiger partial charge < -0.3 is 0 Å². The highest BCUT2D eigenvalue weighted by Gasteiger charge is 2.18. The zero-order valence-electron chi connectivity index (χ0n) is 10.8. The van der Waals surface area contributed by atoms with E-state index in [0.717, 1.165) is 36.4 Å². The van der Waals surface area contributed by atoms with Crippen molar-refractivity contribution in [2.45, 2.75) is 4.83 Å². The third-order valence-corrected chi connectivity index (χ3v) is 6.06. The minimum atomic E-state index is 0.00432. The van der Waals surface area contributed by atoms with Crippen molar-refractivity contribution < 1.29 is 0 Å². The quantitative estimate of drug-likeness (QED) is 0.361. The van der Waals surface area contributed by atoms with Gasteiger partial charge in [-0.15, -0.1) is 0 Å². The normalized spacial score (nSPS) is 12.6. The van der Waals surface area contributed by atoms with Gasteiger partial charge in [0.05, 0.1) is 9.85 Å². The van der Waals surface area contributed by atoms with Gasteiger partial charge in [-0.25, -0.2) is 0 Å². The Morgan fingerprint density at radius 3 is 2.24 bits per heavy atom. The molecule has 0 spiro atoms. The molecule has 0 nitrogen and oxygen atoms in total. The number of hydrogen-bond donors (Lipinski definition) is 0. The Balaban J connectivity index is 2.21. The molecule has 0 aromatic heterocycles.